The maximum atomic E-state index is 11.6. The molecule has 0 aliphatic heterocycles. The first kappa shape index (κ1) is 14.0. The lowest BCUT2D eigenvalue weighted by atomic mass is 10.5. The first-order valence-corrected chi connectivity index (χ1v) is 6.44. The molecule has 0 saturated heterocycles. The fraction of sp³-hybridized carbons (Fsp3) is 0.444. The summed E-state index contributed by atoms with van der Waals surface area (Å²) in [5.41, 5.74) is 0.181. The number of aromatic nitrogens is 2. The van der Waals surface area contributed by atoms with E-state index in [0.717, 1.165) is 0 Å². The van der Waals surface area contributed by atoms with Crippen molar-refractivity contribution in [2.45, 2.75) is 18.7 Å². The minimum atomic E-state index is -3.76. The van der Waals surface area contributed by atoms with E-state index in [1.54, 1.807) is 6.07 Å². The Labute approximate surface area is 104 Å². The Morgan fingerprint density at radius 3 is 2.94 bits per heavy atom. The van der Waals surface area contributed by atoms with Gasteiger partial charge in [-0.1, -0.05) is 0 Å². The number of hydrogen-bond acceptors (Lipinski definition) is 6. The third kappa shape index (κ3) is 3.46. The largest absolute Gasteiger partial charge is 0.468 e. The lowest BCUT2D eigenvalue weighted by molar-refractivity contribution is -0.141. The van der Waals surface area contributed by atoms with Crippen LogP contribution in [0, 0.1) is 11.3 Å². The molecule has 0 spiro atoms. The van der Waals surface area contributed by atoms with Crippen LogP contribution >= 0.6 is 0 Å². The number of hydrogen-bond donors (Lipinski definition) is 1. The fourth-order valence-corrected chi connectivity index (χ4v) is 1.77. The van der Waals surface area contributed by atoms with Gasteiger partial charge >= 0.3 is 5.97 Å². The Balaban J connectivity index is 2.77. The van der Waals surface area contributed by atoms with Crippen LogP contribution in [-0.2, 0) is 26.1 Å². The Hall–Kier alpha value is -2.08. The summed E-state index contributed by atoms with van der Waals surface area (Å²) in [6.07, 6.45) is 2.57. The van der Waals surface area contributed by atoms with E-state index < -0.39 is 21.2 Å². The summed E-state index contributed by atoms with van der Waals surface area (Å²) in [7, 11) is -2.52. The van der Waals surface area contributed by atoms with Gasteiger partial charge in [-0.25, -0.2) is 8.42 Å². The van der Waals surface area contributed by atoms with Crippen LogP contribution in [0.1, 0.15) is 6.92 Å². The van der Waals surface area contributed by atoms with E-state index in [1.807, 2.05) is 0 Å². The zero-order valence-corrected chi connectivity index (χ0v) is 10.6. The Bertz CT molecular complexity index is 572. The third-order valence-electron chi connectivity index (χ3n) is 2.06. The van der Waals surface area contributed by atoms with E-state index in [1.165, 1.54) is 31.1 Å². The molecule has 0 aliphatic rings. The van der Waals surface area contributed by atoms with Crippen molar-refractivity contribution in [1.82, 2.24) is 9.78 Å². The molecule has 1 heterocycles. The highest BCUT2D eigenvalue weighted by atomic mass is 32.2. The maximum Gasteiger partial charge on any atom is 0.327 e. The van der Waals surface area contributed by atoms with Gasteiger partial charge in [0.2, 0.25) is 10.0 Å². The highest BCUT2D eigenvalue weighted by molar-refractivity contribution is 7.93. The number of nitrogens with zero attached hydrogens (tertiary/aromatic N) is 3. The summed E-state index contributed by atoms with van der Waals surface area (Å²) in [6.45, 7) is 1.15. The van der Waals surface area contributed by atoms with Gasteiger partial charge in [-0.05, 0) is 6.92 Å². The van der Waals surface area contributed by atoms with Gasteiger partial charge in [0.05, 0.1) is 25.1 Å². The van der Waals surface area contributed by atoms with E-state index in [9.17, 15) is 13.2 Å². The van der Waals surface area contributed by atoms with Gasteiger partial charge in [-0.3, -0.25) is 14.2 Å². The van der Waals surface area contributed by atoms with Crippen molar-refractivity contribution in [3.05, 3.63) is 12.4 Å². The van der Waals surface area contributed by atoms with Crippen LogP contribution in [-0.4, -0.2) is 36.5 Å². The number of methoxy groups -OCH3 is 1. The molecule has 0 bridgehead atoms. The molecule has 1 rings (SSSR count). The average molecular weight is 272 g/mol. The number of nitrogens with one attached hydrogen (secondary N) is 1. The van der Waals surface area contributed by atoms with E-state index in [-0.39, 0.29) is 12.2 Å². The standard InChI is InChI=1S/C9H12N4O4S/c1-7(3-10)18(15,16)12-8-4-11-13(5-8)6-9(14)17-2/h4-5,7,12H,6H2,1-2H3. The Morgan fingerprint density at radius 2 is 2.39 bits per heavy atom. The number of carbonyl (C=O) groups is 1. The highest BCUT2D eigenvalue weighted by Gasteiger charge is 2.20. The van der Waals surface area contributed by atoms with Crippen molar-refractivity contribution in [3.63, 3.8) is 0 Å². The average Bonchev–Trinajstić information content (AvgIpc) is 2.74. The molecule has 0 saturated carbocycles. The predicted molar refractivity (Wildman–Crippen MR) is 61.9 cm³/mol. The van der Waals surface area contributed by atoms with Crippen LogP contribution in [0.15, 0.2) is 12.4 Å². The van der Waals surface area contributed by atoms with Crippen LogP contribution in [0.5, 0.6) is 0 Å². The predicted octanol–water partition coefficient (Wildman–Crippen LogP) is -0.290. The first-order valence-electron chi connectivity index (χ1n) is 4.89. The molecule has 0 fully saturated rings. The number of nitriles is 1. The van der Waals surface area contributed by atoms with Crippen molar-refractivity contribution >= 4 is 21.7 Å². The second-order valence-electron chi connectivity index (χ2n) is 3.42. The fourth-order valence-electron chi connectivity index (χ4n) is 1.02. The Morgan fingerprint density at radius 1 is 1.72 bits per heavy atom. The van der Waals surface area contributed by atoms with Crippen LogP contribution in [0.2, 0.25) is 0 Å². The van der Waals surface area contributed by atoms with Crippen molar-refractivity contribution in [3.8, 4) is 6.07 Å². The zero-order chi connectivity index (χ0) is 13.8. The molecule has 18 heavy (non-hydrogen) atoms. The molecular weight excluding hydrogens is 260 g/mol. The molecule has 0 aliphatic carbocycles. The second kappa shape index (κ2) is 5.50. The topological polar surface area (TPSA) is 114 Å². The number of anilines is 1. The smallest absolute Gasteiger partial charge is 0.327 e. The quantitative estimate of drug-likeness (QED) is 0.737. The number of sulfonamides is 1. The highest BCUT2D eigenvalue weighted by Crippen LogP contribution is 2.10. The third-order valence-corrected chi connectivity index (χ3v) is 3.62. The molecule has 0 amide bonds. The molecule has 1 aromatic heterocycles. The molecule has 1 unspecified atom stereocenters. The van der Waals surface area contributed by atoms with Gasteiger partial charge in [0.25, 0.3) is 0 Å². The van der Waals surface area contributed by atoms with Gasteiger partial charge in [0, 0.05) is 6.20 Å². The van der Waals surface area contributed by atoms with Gasteiger partial charge < -0.3 is 4.74 Å². The van der Waals surface area contributed by atoms with Crippen molar-refractivity contribution < 1.29 is 17.9 Å². The van der Waals surface area contributed by atoms with Gasteiger partial charge in [-0.2, -0.15) is 10.4 Å². The number of rotatable bonds is 5. The molecule has 8 nitrogen and oxygen atoms in total. The van der Waals surface area contributed by atoms with E-state index in [2.05, 4.69) is 14.6 Å². The van der Waals surface area contributed by atoms with E-state index in [4.69, 9.17) is 5.26 Å². The molecular formula is C9H12N4O4S. The van der Waals surface area contributed by atoms with E-state index >= 15 is 0 Å². The molecule has 1 aromatic rings. The maximum absolute atomic E-state index is 11.6. The van der Waals surface area contributed by atoms with Crippen molar-refractivity contribution in [1.29, 1.82) is 5.26 Å². The Kier molecular flexibility index (Phi) is 4.28. The summed E-state index contributed by atoms with van der Waals surface area (Å²) in [4.78, 5) is 11.0. The van der Waals surface area contributed by atoms with Crippen molar-refractivity contribution in [2.24, 2.45) is 0 Å². The van der Waals surface area contributed by atoms with Gasteiger partial charge in [-0.15, -0.1) is 0 Å². The van der Waals surface area contributed by atoms with E-state index in [0.29, 0.717) is 0 Å². The van der Waals surface area contributed by atoms with Crippen LogP contribution in [0.3, 0.4) is 0 Å². The summed E-state index contributed by atoms with van der Waals surface area (Å²) in [5, 5.41) is 11.2. The second-order valence-corrected chi connectivity index (χ2v) is 5.42. The number of carbonyl (C=O) groups excluding carboxylic acids is 1. The van der Waals surface area contributed by atoms with Gasteiger partial charge in [0.15, 0.2) is 5.25 Å². The molecule has 98 valence electrons. The summed E-state index contributed by atoms with van der Waals surface area (Å²) in [6, 6.07) is 1.62. The summed E-state index contributed by atoms with van der Waals surface area (Å²) >= 11 is 0. The lowest BCUT2D eigenvalue weighted by Gasteiger charge is -2.06. The van der Waals surface area contributed by atoms with Crippen molar-refractivity contribution in [2.75, 3.05) is 11.8 Å². The summed E-state index contributed by atoms with van der Waals surface area (Å²) < 4.78 is 31.0. The minimum absolute atomic E-state index is 0.119. The molecule has 0 aromatic carbocycles. The lowest BCUT2D eigenvalue weighted by Crippen LogP contribution is -2.23. The van der Waals surface area contributed by atoms with Gasteiger partial charge in [0.1, 0.15) is 6.54 Å². The van der Waals surface area contributed by atoms with Crippen LogP contribution in [0.4, 0.5) is 5.69 Å². The SMILES string of the molecule is COC(=O)Cn1cc(NS(=O)(=O)C(C)C#N)cn1. The molecule has 1 N–H and O–H groups in total. The molecule has 9 heteroatoms. The first-order chi connectivity index (χ1) is 8.39. The summed E-state index contributed by atoms with van der Waals surface area (Å²) in [5.74, 6) is -0.502. The number of esters is 1. The van der Waals surface area contributed by atoms with Crippen LogP contribution < -0.4 is 4.72 Å². The molecule has 0 radical (unpaired) electrons. The monoisotopic (exact) mass is 272 g/mol. The minimum Gasteiger partial charge on any atom is -0.468 e. The normalized spacial score (nSPS) is 12.5. The number of ether oxygens (including phenoxy) is 1. The van der Waals surface area contributed by atoms with Crippen LogP contribution in [0.25, 0.3) is 0 Å². The zero-order valence-electron chi connectivity index (χ0n) is 9.82. The molecule has 1 atom stereocenters.